The number of amides is 2. The van der Waals surface area contributed by atoms with Crippen LogP contribution in [0.1, 0.15) is 60.6 Å². The second-order valence-corrected chi connectivity index (χ2v) is 11.0. The van der Waals surface area contributed by atoms with Gasteiger partial charge in [-0.25, -0.2) is 0 Å². The molecule has 1 fully saturated rings. The van der Waals surface area contributed by atoms with Crippen LogP contribution in [0.3, 0.4) is 0 Å². The maximum absolute atomic E-state index is 14.4. The molecule has 0 aromatic heterocycles. The van der Waals surface area contributed by atoms with Crippen molar-refractivity contribution >= 4 is 41.0 Å². The summed E-state index contributed by atoms with van der Waals surface area (Å²) in [5.41, 5.74) is 2.79. The van der Waals surface area contributed by atoms with Crippen LogP contribution < -0.4 is 5.32 Å². The van der Waals surface area contributed by atoms with Crippen molar-refractivity contribution in [2.45, 2.75) is 56.9 Å². The first-order chi connectivity index (χ1) is 20.2. The molecule has 3 aromatic carbocycles. The van der Waals surface area contributed by atoms with Crippen molar-refractivity contribution in [3.8, 4) is 6.07 Å². The van der Waals surface area contributed by atoms with Crippen molar-refractivity contribution in [3.05, 3.63) is 105 Å². The Bertz CT molecular complexity index is 1440. The van der Waals surface area contributed by atoms with Gasteiger partial charge in [0.2, 0.25) is 5.91 Å². The van der Waals surface area contributed by atoms with Crippen molar-refractivity contribution in [1.82, 2.24) is 10.2 Å². The fourth-order valence-corrected chi connectivity index (χ4v) is 5.41. The largest absolute Gasteiger partial charge is 0.481 e. The van der Waals surface area contributed by atoms with Gasteiger partial charge in [-0.2, -0.15) is 5.26 Å². The van der Waals surface area contributed by atoms with Crippen molar-refractivity contribution in [1.29, 1.82) is 5.26 Å². The number of nitrogens with one attached hydrogen (secondary N) is 1. The first-order valence-electron chi connectivity index (χ1n) is 13.7. The summed E-state index contributed by atoms with van der Waals surface area (Å²) in [6.45, 7) is 1.86. The van der Waals surface area contributed by atoms with E-state index < -0.39 is 36.2 Å². The van der Waals surface area contributed by atoms with Crippen LogP contribution in [0.4, 0.5) is 0 Å². The number of rotatable bonds is 11. The Labute approximate surface area is 254 Å². The number of carbonyl (C=O) groups excluding carboxylic acids is 2. The summed E-state index contributed by atoms with van der Waals surface area (Å²) in [6.07, 6.45) is -0.675. The molecule has 10 heteroatoms. The van der Waals surface area contributed by atoms with E-state index in [-0.39, 0.29) is 25.3 Å². The van der Waals surface area contributed by atoms with Gasteiger partial charge in [0.25, 0.3) is 5.91 Å². The van der Waals surface area contributed by atoms with Crippen molar-refractivity contribution in [2.24, 2.45) is 0 Å². The predicted octanol–water partition coefficient (Wildman–Crippen LogP) is 5.88. The SMILES string of the molecule is CCC[C@H](C(=O)NCCC(=O)O)N1C(=O)[C@H](Cc2ccc(C#N)cc2)O[C@@H](c2ccc(Cl)cc2)[C@H]1c1ccc(Cl)cc1. The highest BCUT2D eigenvalue weighted by Gasteiger charge is 2.48. The summed E-state index contributed by atoms with van der Waals surface area (Å²) in [7, 11) is 0. The zero-order valence-corrected chi connectivity index (χ0v) is 24.5. The molecule has 42 heavy (non-hydrogen) atoms. The molecule has 1 aliphatic heterocycles. The molecule has 0 unspecified atom stereocenters. The summed E-state index contributed by atoms with van der Waals surface area (Å²) in [5.74, 6) is -1.83. The van der Waals surface area contributed by atoms with E-state index in [1.54, 1.807) is 53.4 Å². The molecule has 3 aromatic rings. The molecule has 0 aliphatic carbocycles. The average Bonchev–Trinajstić information content (AvgIpc) is 2.98. The number of nitriles is 1. The minimum absolute atomic E-state index is 0.0617. The molecule has 2 amide bonds. The minimum atomic E-state index is -1.03. The Morgan fingerprint density at radius 2 is 1.60 bits per heavy atom. The number of ether oxygens (including phenoxy) is 1. The summed E-state index contributed by atoms with van der Waals surface area (Å²) in [5, 5.41) is 22.1. The van der Waals surface area contributed by atoms with Gasteiger partial charge in [-0.3, -0.25) is 14.4 Å². The van der Waals surface area contributed by atoms with Crippen LogP contribution in [0.2, 0.25) is 10.0 Å². The van der Waals surface area contributed by atoms with Crippen LogP contribution in [-0.2, 0) is 25.5 Å². The third-order valence-electron chi connectivity index (χ3n) is 7.18. The Hall–Kier alpha value is -3.90. The smallest absolute Gasteiger partial charge is 0.305 e. The molecular weight excluding hydrogens is 577 g/mol. The lowest BCUT2D eigenvalue weighted by molar-refractivity contribution is -0.181. The van der Waals surface area contributed by atoms with Crippen molar-refractivity contribution in [3.63, 3.8) is 0 Å². The monoisotopic (exact) mass is 607 g/mol. The van der Waals surface area contributed by atoms with Gasteiger partial charge in [0.1, 0.15) is 18.2 Å². The molecule has 1 aliphatic rings. The van der Waals surface area contributed by atoms with Gasteiger partial charge < -0.3 is 20.1 Å². The molecule has 4 atom stereocenters. The lowest BCUT2D eigenvalue weighted by Gasteiger charge is -2.47. The molecule has 1 heterocycles. The number of benzene rings is 3. The third kappa shape index (κ3) is 7.48. The van der Waals surface area contributed by atoms with Gasteiger partial charge in [-0.15, -0.1) is 0 Å². The number of hydrogen-bond donors (Lipinski definition) is 2. The fraction of sp³-hybridized carbons (Fsp3) is 0.312. The molecule has 8 nitrogen and oxygen atoms in total. The van der Waals surface area contributed by atoms with Crippen LogP contribution in [0.15, 0.2) is 72.8 Å². The van der Waals surface area contributed by atoms with Gasteiger partial charge >= 0.3 is 5.97 Å². The van der Waals surface area contributed by atoms with Gasteiger partial charge in [-0.1, -0.05) is 72.9 Å². The molecule has 0 radical (unpaired) electrons. The van der Waals surface area contributed by atoms with Crippen LogP contribution in [0.5, 0.6) is 0 Å². The van der Waals surface area contributed by atoms with E-state index in [9.17, 15) is 19.6 Å². The first-order valence-corrected chi connectivity index (χ1v) is 14.4. The number of carboxylic acids is 1. The number of carboxylic acid groups (broad SMARTS) is 1. The van der Waals surface area contributed by atoms with Gasteiger partial charge in [0.05, 0.1) is 24.1 Å². The second-order valence-electron chi connectivity index (χ2n) is 10.1. The van der Waals surface area contributed by atoms with E-state index in [1.807, 2.05) is 31.2 Å². The number of morpholine rings is 1. The molecule has 0 spiro atoms. The standard InChI is InChI=1S/C32H31Cl2N3O5/c1-2-3-26(31(40)36-17-16-28(38)39)37-29(22-8-12-24(33)13-9-22)30(23-10-14-25(34)15-11-23)42-27(32(37)41)18-20-4-6-21(19-35)7-5-20/h4-15,26-27,29-30H,2-3,16-18H2,1H3,(H,36,40)(H,38,39)/t26-,27+,29-,30+/m1/s1. The summed E-state index contributed by atoms with van der Waals surface area (Å²) < 4.78 is 6.59. The maximum atomic E-state index is 14.4. The molecule has 0 bridgehead atoms. The van der Waals surface area contributed by atoms with Gasteiger partial charge in [0, 0.05) is 23.0 Å². The Morgan fingerprint density at radius 1 is 1.00 bits per heavy atom. The van der Waals surface area contributed by atoms with Crippen LogP contribution in [0, 0.1) is 11.3 Å². The quantitative estimate of drug-likeness (QED) is 0.281. The second kappa shape index (κ2) is 14.3. The fourth-order valence-electron chi connectivity index (χ4n) is 5.16. The molecule has 2 N–H and O–H groups in total. The topological polar surface area (TPSA) is 120 Å². The average molecular weight is 609 g/mol. The highest BCUT2D eigenvalue weighted by atomic mass is 35.5. The number of nitrogens with zero attached hydrogens (tertiary/aromatic N) is 2. The van der Waals surface area contributed by atoms with E-state index in [0.717, 1.165) is 16.7 Å². The minimum Gasteiger partial charge on any atom is -0.481 e. The zero-order valence-electron chi connectivity index (χ0n) is 23.0. The van der Waals surface area contributed by atoms with E-state index in [1.165, 1.54) is 0 Å². The van der Waals surface area contributed by atoms with Gasteiger partial charge in [-0.05, 0) is 59.5 Å². The van der Waals surface area contributed by atoms with Crippen LogP contribution in [0.25, 0.3) is 0 Å². The lowest BCUT2D eigenvalue weighted by atomic mass is 9.88. The molecular formula is C32H31Cl2N3O5. The Kier molecular flexibility index (Phi) is 10.6. The van der Waals surface area contributed by atoms with E-state index >= 15 is 0 Å². The van der Waals surface area contributed by atoms with Gasteiger partial charge in [0.15, 0.2) is 0 Å². The van der Waals surface area contributed by atoms with Crippen LogP contribution in [-0.4, -0.2) is 46.5 Å². The number of halogens is 2. The molecule has 4 rings (SSSR count). The summed E-state index contributed by atoms with van der Waals surface area (Å²) in [4.78, 5) is 40.7. The molecule has 0 saturated carbocycles. The summed E-state index contributed by atoms with van der Waals surface area (Å²) >= 11 is 12.4. The number of hydrogen-bond acceptors (Lipinski definition) is 5. The number of carbonyl (C=O) groups is 3. The van der Waals surface area contributed by atoms with E-state index in [0.29, 0.717) is 28.5 Å². The van der Waals surface area contributed by atoms with E-state index in [4.69, 9.17) is 33.0 Å². The third-order valence-corrected chi connectivity index (χ3v) is 7.68. The maximum Gasteiger partial charge on any atom is 0.305 e. The zero-order chi connectivity index (χ0) is 30.2. The number of aliphatic carboxylic acids is 1. The lowest BCUT2D eigenvalue weighted by Crippen LogP contribution is -2.59. The molecule has 1 saturated heterocycles. The highest BCUT2D eigenvalue weighted by molar-refractivity contribution is 6.30. The Morgan fingerprint density at radius 3 is 2.14 bits per heavy atom. The van der Waals surface area contributed by atoms with Crippen molar-refractivity contribution in [2.75, 3.05) is 6.54 Å². The normalized spacial score (nSPS) is 19.1. The summed E-state index contributed by atoms with van der Waals surface area (Å²) in [6, 6.07) is 21.7. The molecule has 218 valence electrons. The van der Waals surface area contributed by atoms with Crippen LogP contribution >= 0.6 is 23.2 Å². The predicted molar refractivity (Wildman–Crippen MR) is 159 cm³/mol. The first kappa shape index (κ1) is 31.0. The van der Waals surface area contributed by atoms with E-state index in [2.05, 4.69) is 11.4 Å². The van der Waals surface area contributed by atoms with Crippen molar-refractivity contribution < 1.29 is 24.2 Å². The highest BCUT2D eigenvalue weighted by Crippen LogP contribution is 2.44. The Balaban J connectivity index is 1.82.